The van der Waals surface area contributed by atoms with Crippen LogP contribution in [-0.4, -0.2) is 47.5 Å². The number of piperidine rings is 1. The van der Waals surface area contributed by atoms with Crippen LogP contribution in [0.5, 0.6) is 0 Å². The van der Waals surface area contributed by atoms with Gasteiger partial charge in [0.1, 0.15) is 5.60 Å². The van der Waals surface area contributed by atoms with E-state index >= 15 is 0 Å². The fraction of sp³-hybridized carbons (Fsp3) is 0.579. The molecule has 1 heterocycles. The molecule has 2 rings (SSSR count). The zero-order valence-electron chi connectivity index (χ0n) is 15.7. The molecule has 1 aliphatic rings. The highest BCUT2D eigenvalue weighted by Crippen LogP contribution is 2.27. The summed E-state index contributed by atoms with van der Waals surface area (Å²) in [5.74, 6) is -0.0650. The molecule has 0 radical (unpaired) electrons. The quantitative estimate of drug-likeness (QED) is 0.744. The number of carbonyl (C=O) groups excluding carboxylic acids is 2. The number of amides is 2. The molecule has 2 amide bonds. The molecule has 0 aliphatic carbocycles. The fourth-order valence-electron chi connectivity index (χ4n) is 2.95. The van der Waals surface area contributed by atoms with Crippen LogP contribution >= 0.6 is 23.2 Å². The molecule has 1 saturated heterocycles. The second kappa shape index (κ2) is 8.49. The van der Waals surface area contributed by atoms with Gasteiger partial charge in [0.15, 0.2) is 0 Å². The van der Waals surface area contributed by atoms with Crippen molar-refractivity contribution in [3.63, 3.8) is 0 Å². The van der Waals surface area contributed by atoms with E-state index < -0.39 is 5.60 Å². The Bertz CT molecular complexity index is 645. The summed E-state index contributed by atoms with van der Waals surface area (Å²) in [5.41, 5.74) is 0.232. The Morgan fingerprint density at radius 1 is 1.19 bits per heavy atom. The summed E-state index contributed by atoms with van der Waals surface area (Å²) in [6.45, 7) is 6.93. The van der Waals surface area contributed by atoms with Gasteiger partial charge in [-0.05, 0) is 45.7 Å². The lowest BCUT2D eigenvalue weighted by Crippen LogP contribution is -2.45. The van der Waals surface area contributed by atoms with E-state index in [4.69, 9.17) is 27.9 Å². The third-order valence-corrected chi connectivity index (χ3v) is 5.04. The summed E-state index contributed by atoms with van der Waals surface area (Å²) in [6.07, 6.45) is 0.928. The van der Waals surface area contributed by atoms with E-state index in [9.17, 15) is 9.59 Å². The Labute approximate surface area is 165 Å². The molecule has 144 valence electrons. The normalized spacial score (nSPS) is 15.7. The van der Waals surface area contributed by atoms with Crippen LogP contribution in [0.3, 0.4) is 0 Å². The molecule has 0 saturated carbocycles. The number of likely N-dealkylation sites (tertiary alicyclic amines) is 1. The first-order valence-electron chi connectivity index (χ1n) is 8.74. The summed E-state index contributed by atoms with van der Waals surface area (Å²) < 4.78 is 5.39. The largest absolute Gasteiger partial charge is 0.444 e. The van der Waals surface area contributed by atoms with Gasteiger partial charge in [0.05, 0.1) is 0 Å². The standard InChI is InChI=1S/C19H26Cl2N2O3/c1-19(2,3)26-18(25)23-10-8-13(9-11-23)17(24)22(4)12-14-15(20)6-5-7-16(14)21/h5-7,13H,8-12H2,1-4H3. The van der Waals surface area contributed by atoms with Crippen molar-refractivity contribution < 1.29 is 14.3 Å². The zero-order chi connectivity index (χ0) is 19.5. The maximum Gasteiger partial charge on any atom is 0.410 e. The third-order valence-electron chi connectivity index (χ3n) is 4.33. The molecule has 5 nitrogen and oxygen atoms in total. The lowest BCUT2D eigenvalue weighted by molar-refractivity contribution is -0.136. The fourth-order valence-corrected chi connectivity index (χ4v) is 3.46. The highest BCUT2D eigenvalue weighted by atomic mass is 35.5. The van der Waals surface area contributed by atoms with Crippen molar-refractivity contribution in [2.45, 2.75) is 45.8 Å². The van der Waals surface area contributed by atoms with E-state index in [-0.39, 0.29) is 17.9 Å². The van der Waals surface area contributed by atoms with Crippen molar-refractivity contribution in [1.29, 1.82) is 0 Å². The number of ether oxygens (including phenoxy) is 1. The van der Waals surface area contributed by atoms with Gasteiger partial charge in [-0.15, -0.1) is 0 Å². The van der Waals surface area contributed by atoms with Gasteiger partial charge in [-0.2, -0.15) is 0 Å². The van der Waals surface area contributed by atoms with Crippen molar-refractivity contribution in [3.05, 3.63) is 33.8 Å². The first-order chi connectivity index (χ1) is 12.1. The molecule has 1 aromatic carbocycles. The molecule has 26 heavy (non-hydrogen) atoms. The van der Waals surface area contributed by atoms with E-state index in [1.807, 2.05) is 20.8 Å². The number of nitrogens with zero attached hydrogens (tertiary/aromatic N) is 2. The average Bonchev–Trinajstić information content (AvgIpc) is 2.56. The van der Waals surface area contributed by atoms with Crippen molar-refractivity contribution in [3.8, 4) is 0 Å². The molecule has 0 N–H and O–H groups in total. The monoisotopic (exact) mass is 400 g/mol. The summed E-state index contributed by atoms with van der Waals surface area (Å²) in [6, 6.07) is 5.31. The predicted molar refractivity (Wildman–Crippen MR) is 103 cm³/mol. The van der Waals surface area contributed by atoms with Crippen molar-refractivity contribution in [2.24, 2.45) is 5.92 Å². The molecule has 0 spiro atoms. The number of halogens is 2. The molecule has 1 aromatic rings. The van der Waals surface area contributed by atoms with Crippen LogP contribution in [0.15, 0.2) is 18.2 Å². The molecule has 0 bridgehead atoms. The van der Waals surface area contributed by atoms with Crippen LogP contribution in [-0.2, 0) is 16.1 Å². The minimum Gasteiger partial charge on any atom is -0.444 e. The lowest BCUT2D eigenvalue weighted by atomic mass is 9.95. The van der Waals surface area contributed by atoms with Crippen LogP contribution < -0.4 is 0 Å². The van der Waals surface area contributed by atoms with E-state index in [1.165, 1.54) is 0 Å². The minimum absolute atomic E-state index is 0.0461. The number of hydrogen-bond acceptors (Lipinski definition) is 3. The molecule has 1 aliphatic heterocycles. The van der Waals surface area contributed by atoms with Crippen LogP contribution in [0.1, 0.15) is 39.2 Å². The van der Waals surface area contributed by atoms with E-state index in [0.29, 0.717) is 42.5 Å². The van der Waals surface area contributed by atoms with Crippen LogP contribution in [0.2, 0.25) is 10.0 Å². The number of benzene rings is 1. The van der Waals surface area contributed by atoms with Gasteiger partial charge >= 0.3 is 6.09 Å². The highest BCUT2D eigenvalue weighted by Gasteiger charge is 2.31. The summed E-state index contributed by atoms with van der Waals surface area (Å²) >= 11 is 12.4. The van der Waals surface area contributed by atoms with Crippen LogP contribution in [0, 0.1) is 5.92 Å². The lowest BCUT2D eigenvalue weighted by Gasteiger charge is -2.34. The van der Waals surface area contributed by atoms with Crippen LogP contribution in [0.25, 0.3) is 0 Å². The highest BCUT2D eigenvalue weighted by molar-refractivity contribution is 6.36. The second-order valence-electron chi connectivity index (χ2n) is 7.64. The summed E-state index contributed by atoms with van der Waals surface area (Å²) in [7, 11) is 1.75. The van der Waals surface area contributed by atoms with Gasteiger partial charge < -0.3 is 14.5 Å². The first-order valence-corrected chi connectivity index (χ1v) is 9.50. The molecular formula is C19H26Cl2N2O3. The van der Waals surface area contributed by atoms with Crippen molar-refractivity contribution >= 4 is 35.2 Å². The smallest absolute Gasteiger partial charge is 0.410 e. The molecule has 1 fully saturated rings. The van der Waals surface area contributed by atoms with Gasteiger partial charge in [-0.1, -0.05) is 29.3 Å². The Kier molecular flexibility index (Phi) is 6.80. The third kappa shape index (κ3) is 5.52. The van der Waals surface area contributed by atoms with Gasteiger partial charge in [0.25, 0.3) is 0 Å². The Morgan fingerprint density at radius 2 is 1.73 bits per heavy atom. The molecule has 0 unspecified atom stereocenters. The Hall–Kier alpha value is -1.46. The van der Waals surface area contributed by atoms with Crippen molar-refractivity contribution in [1.82, 2.24) is 9.80 Å². The maximum absolute atomic E-state index is 12.7. The SMILES string of the molecule is CN(Cc1c(Cl)cccc1Cl)C(=O)C1CCN(C(=O)OC(C)(C)C)CC1. The zero-order valence-corrected chi connectivity index (χ0v) is 17.2. The second-order valence-corrected chi connectivity index (χ2v) is 8.45. The Morgan fingerprint density at radius 3 is 2.23 bits per heavy atom. The van der Waals surface area contributed by atoms with Gasteiger partial charge in [-0.3, -0.25) is 4.79 Å². The molecule has 0 atom stereocenters. The summed E-state index contributed by atoms with van der Waals surface area (Å²) in [5, 5.41) is 1.11. The molecule has 7 heteroatoms. The van der Waals surface area contributed by atoms with E-state index in [1.54, 1.807) is 35.0 Å². The van der Waals surface area contributed by atoms with Crippen molar-refractivity contribution in [2.75, 3.05) is 20.1 Å². The predicted octanol–water partition coefficient (Wildman–Crippen LogP) is 4.60. The van der Waals surface area contributed by atoms with E-state index in [2.05, 4.69) is 0 Å². The Balaban J connectivity index is 1.90. The first kappa shape index (κ1) is 20.8. The number of hydrogen-bond donors (Lipinski definition) is 0. The minimum atomic E-state index is -0.516. The maximum atomic E-state index is 12.7. The average molecular weight is 401 g/mol. The van der Waals surface area contributed by atoms with Crippen LogP contribution in [0.4, 0.5) is 4.79 Å². The summed E-state index contributed by atoms with van der Waals surface area (Å²) in [4.78, 5) is 28.2. The molecular weight excluding hydrogens is 375 g/mol. The van der Waals surface area contributed by atoms with Gasteiger partial charge in [0.2, 0.25) is 5.91 Å². The number of rotatable bonds is 3. The number of carbonyl (C=O) groups is 2. The van der Waals surface area contributed by atoms with Gasteiger partial charge in [-0.25, -0.2) is 4.79 Å². The van der Waals surface area contributed by atoms with E-state index in [0.717, 1.165) is 5.56 Å². The topological polar surface area (TPSA) is 49.9 Å². The molecule has 0 aromatic heterocycles. The van der Waals surface area contributed by atoms with Gasteiger partial charge in [0, 0.05) is 48.2 Å².